The highest BCUT2D eigenvalue weighted by Gasteiger charge is 2.18. The summed E-state index contributed by atoms with van der Waals surface area (Å²) in [4.78, 5) is 14.1. The third-order valence-electron chi connectivity index (χ3n) is 3.47. The minimum atomic E-state index is 0.0116. The number of carbonyl (C=O) groups is 1. The third kappa shape index (κ3) is 3.76. The Kier molecular flexibility index (Phi) is 5.04. The van der Waals surface area contributed by atoms with Crippen molar-refractivity contribution in [3.8, 4) is 5.75 Å². The molecule has 0 aliphatic heterocycles. The Balaban J connectivity index is 1.92. The summed E-state index contributed by atoms with van der Waals surface area (Å²) in [5, 5.41) is 0. The average molecular weight is 274 g/mol. The first-order valence-corrected chi connectivity index (χ1v) is 7.18. The van der Waals surface area contributed by atoms with Crippen molar-refractivity contribution < 1.29 is 9.53 Å². The molecule has 0 saturated heterocycles. The number of likely N-dealkylation sites (N-methyl/N-ethyl adjacent to an activating group) is 1. The molecule has 4 heteroatoms. The average Bonchev–Trinajstić information content (AvgIpc) is 2.48. The molecule has 0 atom stereocenters. The van der Waals surface area contributed by atoms with Crippen LogP contribution < -0.4 is 10.5 Å². The van der Waals surface area contributed by atoms with Crippen LogP contribution in [0.25, 0.3) is 0 Å². The van der Waals surface area contributed by atoms with Crippen LogP contribution in [0.15, 0.2) is 36.0 Å². The molecule has 1 aliphatic rings. The summed E-state index contributed by atoms with van der Waals surface area (Å²) < 4.78 is 5.52. The van der Waals surface area contributed by atoms with Gasteiger partial charge >= 0.3 is 0 Å². The normalized spacial score (nSPS) is 14.6. The molecular weight excluding hydrogens is 252 g/mol. The van der Waals surface area contributed by atoms with Gasteiger partial charge in [-0.05, 0) is 56.9 Å². The van der Waals surface area contributed by atoms with Gasteiger partial charge in [-0.15, -0.1) is 0 Å². The number of nitrogen functional groups attached to an aromatic ring is 1. The van der Waals surface area contributed by atoms with Gasteiger partial charge in [0.2, 0.25) is 0 Å². The maximum atomic E-state index is 12.2. The fraction of sp³-hybridized carbons (Fsp3) is 0.438. The van der Waals surface area contributed by atoms with E-state index in [9.17, 15) is 4.79 Å². The molecule has 2 rings (SSSR count). The molecule has 0 unspecified atom stereocenters. The number of benzene rings is 1. The first-order valence-electron chi connectivity index (χ1n) is 7.18. The van der Waals surface area contributed by atoms with Crippen LogP contribution in [-0.4, -0.2) is 24.0 Å². The minimum Gasteiger partial charge on any atom is -0.484 e. The fourth-order valence-electron chi connectivity index (χ4n) is 2.39. The number of amides is 1. The number of carbonyl (C=O) groups excluding carboxylic acids is 1. The zero-order chi connectivity index (χ0) is 14.4. The number of ether oxygens (including phenoxy) is 1. The van der Waals surface area contributed by atoms with Crippen molar-refractivity contribution in [1.29, 1.82) is 0 Å². The van der Waals surface area contributed by atoms with Crippen LogP contribution in [0.1, 0.15) is 32.6 Å². The Labute approximate surface area is 120 Å². The van der Waals surface area contributed by atoms with Gasteiger partial charge in [-0.25, -0.2) is 0 Å². The maximum Gasteiger partial charge on any atom is 0.264 e. The van der Waals surface area contributed by atoms with Gasteiger partial charge in [-0.1, -0.05) is 6.08 Å². The number of nitrogens with two attached hydrogens (primary N) is 1. The lowest BCUT2D eigenvalue weighted by atomic mass is 10.0. The van der Waals surface area contributed by atoms with Crippen molar-refractivity contribution >= 4 is 11.6 Å². The van der Waals surface area contributed by atoms with Gasteiger partial charge in [0.05, 0.1) is 0 Å². The van der Waals surface area contributed by atoms with E-state index in [0.717, 1.165) is 25.0 Å². The zero-order valence-electron chi connectivity index (χ0n) is 12.0. The zero-order valence-corrected chi connectivity index (χ0v) is 12.0. The van der Waals surface area contributed by atoms with E-state index in [4.69, 9.17) is 10.5 Å². The Morgan fingerprint density at radius 1 is 1.30 bits per heavy atom. The van der Waals surface area contributed by atoms with Crippen LogP contribution in [0, 0.1) is 0 Å². The number of hydrogen-bond acceptors (Lipinski definition) is 3. The number of allylic oxidation sites excluding steroid dienone is 2. The first kappa shape index (κ1) is 14.4. The van der Waals surface area contributed by atoms with E-state index < -0.39 is 0 Å². The maximum absolute atomic E-state index is 12.2. The van der Waals surface area contributed by atoms with Crippen molar-refractivity contribution in [2.24, 2.45) is 0 Å². The number of hydrogen-bond donors (Lipinski definition) is 1. The molecule has 1 aromatic carbocycles. The highest BCUT2D eigenvalue weighted by Crippen LogP contribution is 2.21. The van der Waals surface area contributed by atoms with Crippen molar-refractivity contribution in [3.63, 3.8) is 0 Å². The van der Waals surface area contributed by atoms with Crippen LogP contribution in [0.4, 0.5) is 5.69 Å². The molecule has 4 nitrogen and oxygen atoms in total. The summed E-state index contributed by atoms with van der Waals surface area (Å²) >= 11 is 0. The molecule has 0 fully saturated rings. The van der Waals surface area contributed by atoms with E-state index in [2.05, 4.69) is 6.08 Å². The van der Waals surface area contributed by atoms with Crippen LogP contribution in [0.3, 0.4) is 0 Å². The summed E-state index contributed by atoms with van der Waals surface area (Å²) in [5.74, 6) is 0.679. The first-order chi connectivity index (χ1) is 9.70. The predicted octanol–water partition coefficient (Wildman–Crippen LogP) is 2.95. The van der Waals surface area contributed by atoms with Gasteiger partial charge in [0.1, 0.15) is 5.75 Å². The Hall–Kier alpha value is -1.97. The van der Waals surface area contributed by atoms with E-state index in [-0.39, 0.29) is 12.5 Å². The minimum absolute atomic E-state index is 0.0116. The molecule has 1 amide bonds. The lowest BCUT2D eigenvalue weighted by Crippen LogP contribution is -2.34. The summed E-state index contributed by atoms with van der Waals surface area (Å²) in [6.07, 6.45) is 6.61. The molecule has 0 radical (unpaired) electrons. The molecule has 108 valence electrons. The molecule has 0 spiro atoms. The van der Waals surface area contributed by atoms with Gasteiger partial charge in [-0.2, -0.15) is 0 Å². The molecule has 20 heavy (non-hydrogen) atoms. The van der Waals surface area contributed by atoms with Gasteiger partial charge < -0.3 is 15.4 Å². The second-order valence-corrected chi connectivity index (χ2v) is 4.94. The van der Waals surface area contributed by atoms with Crippen LogP contribution in [0.2, 0.25) is 0 Å². The summed E-state index contributed by atoms with van der Waals surface area (Å²) in [7, 11) is 0. The van der Waals surface area contributed by atoms with Crippen LogP contribution in [0.5, 0.6) is 5.75 Å². The molecule has 0 aromatic heterocycles. The third-order valence-corrected chi connectivity index (χ3v) is 3.47. The van der Waals surface area contributed by atoms with Crippen molar-refractivity contribution in [1.82, 2.24) is 4.90 Å². The number of rotatable bonds is 5. The van der Waals surface area contributed by atoms with Crippen LogP contribution >= 0.6 is 0 Å². The number of anilines is 1. The second kappa shape index (κ2) is 6.98. The molecular formula is C16H22N2O2. The lowest BCUT2D eigenvalue weighted by Gasteiger charge is -2.26. The highest BCUT2D eigenvalue weighted by molar-refractivity contribution is 5.79. The predicted molar refractivity (Wildman–Crippen MR) is 80.3 cm³/mol. The monoisotopic (exact) mass is 274 g/mol. The highest BCUT2D eigenvalue weighted by atomic mass is 16.5. The van der Waals surface area contributed by atoms with Gasteiger partial charge in [0.25, 0.3) is 5.91 Å². The Morgan fingerprint density at radius 3 is 2.65 bits per heavy atom. The number of nitrogens with zero attached hydrogens (tertiary/aromatic N) is 1. The van der Waals surface area contributed by atoms with Crippen molar-refractivity contribution in [3.05, 3.63) is 36.0 Å². The SMILES string of the molecule is CCN(C(=O)COc1ccc(N)cc1)C1=CCCCC1. The Morgan fingerprint density at radius 2 is 2.05 bits per heavy atom. The molecule has 0 saturated carbocycles. The van der Waals surface area contributed by atoms with E-state index in [0.29, 0.717) is 18.0 Å². The quantitative estimate of drug-likeness (QED) is 0.840. The fourth-order valence-corrected chi connectivity index (χ4v) is 2.39. The molecule has 0 bridgehead atoms. The summed E-state index contributed by atoms with van der Waals surface area (Å²) in [6.45, 7) is 2.75. The van der Waals surface area contributed by atoms with E-state index in [1.54, 1.807) is 24.3 Å². The van der Waals surface area contributed by atoms with Crippen molar-refractivity contribution in [2.75, 3.05) is 18.9 Å². The summed E-state index contributed by atoms with van der Waals surface area (Å²) in [6, 6.07) is 7.08. The lowest BCUT2D eigenvalue weighted by molar-refractivity contribution is -0.131. The molecule has 1 aromatic rings. The van der Waals surface area contributed by atoms with E-state index >= 15 is 0 Å². The molecule has 2 N–H and O–H groups in total. The van der Waals surface area contributed by atoms with Gasteiger partial charge in [0, 0.05) is 17.9 Å². The molecule has 0 heterocycles. The van der Waals surface area contributed by atoms with E-state index in [1.165, 1.54) is 6.42 Å². The Bertz CT molecular complexity index is 480. The smallest absolute Gasteiger partial charge is 0.264 e. The topological polar surface area (TPSA) is 55.6 Å². The van der Waals surface area contributed by atoms with Gasteiger partial charge in [-0.3, -0.25) is 4.79 Å². The largest absolute Gasteiger partial charge is 0.484 e. The standard InChI is InChI=1S/C16H22N2O2/c1-2-18(14-6-4-3-5-7-14)16(19)12-20-15-10-8-13(17)9-11-15/h6,8-11H,2-5,7,12,17H2,1H3. The van der Waals surface area contributed by atoms with E-state index in [1.807, 2.05) is 11.8 Å². The second-order valence-electron chi connectivity index (χ2n) is 4.94. The van der Waals surface area contributed by atoms with Gasteiger partial charge in [0.15, 0.2) is 6.61 Å². The van der Waals surface area contributed by atoms with Crippen molar-refractivity contribution in [2.45, 2.75) is 32.6 Å². The van der Waals surface area contributed by atoms with Crippen LogP contribution in [-0.2, 0) is 4.79 Å². The summed E-state index contributed by atoms with van der Waals surface area (Å²) in [5.41, 5.74) is 7.44. The molecule has 1 aliphatic carbocycles.